The number of carbonyl (C=O) groups is 2. The van der Waals surface area contributed by atoms with Gasteiger partial charge < -0.3 is 35.6 Å². The predicted octanol–water partition coefficient (Wildman–Crippen LogP) is 2.08. The van der Waals surface area contributed by atoms with Crippen LogP contribution in [-0.2, 0) is 19.1 Å². The molecule has 258 valence electrons. The molecule has 14 heteroatoms. The third-order valence-electron chi connectivity index (χ3n) is 8.62. The number of hydrogen-bond acceptors (Lipinski definition) is 9. The summed E-state index contributed by atoms with van der Waals surface area (Å²) in [4.78, 5) is 53.1. The fraction of sp³-hybridized carbons (Fsp3) is 0.806. The normalized spacial score (nSPS) is 26.2. The van der Waals surface area contributed by atoms with Crippen LogP contribution in [0.25, 0.3) is 0 Å². The molecule has 2 aliphatic heterocycles. The van der Waals surface area contributed by atoms with E-state index in [0.29, 0.717) is 6.54 Å². The molecule has 7 atom stereocenters. The number of H-pyrrole nitrogens is 1. The Morgan fingerprint density at radius 2 is 1.44 bits per heavy atom. The molecule has 0 aliphatic carbocycles. The highest BCUT2D eigenvalue weighted by molar-refractivity contribution is 5.88. The van der Waals surface area contributed by atoms with E-state index in [9.17, 15) is 29.4 Å². The first-order chi connectivity index (χ1) is 21.2. The van der Waals surface area contributed by atoms with Gasteiger partial charge in [0.1, 0.15) is 36.7 Å². The van der Waals surface area contributed by atoms with Crippen LogP contribution in [0.3, 0.4) is 0 Å². The van der Waals surface area contributed by atoms with Gasteiger partial charge in [-0.05, 0) is 6.42 Å². The molecular formula is C31H54ClN5O8. The summed E-state index contributed by atoms with van der Waals surface area (Å²) in [6.45, 7) is 3.84. The van der Waals surface area contributed by atoms with Crippen molar-refractivity contribution < 1.29 is 29.3 Å². The van der Waals surface area contributed by atoms with E-state index in [-0.39, 0.29) is 19.0 Å². The van der Waals surface area contributed by atoms with Crippen LogP contribution in [0.2, 0.25) is 0 Å². The molecule has 1 aromatic rings. The Morgan fingerprint density at radius 1 is 0.889 bits per heavy atom. The van der Waals surface area contributed by atoms with E-state index in [1.165, 1.54) is 76.0 Å². The van der Waals surface area contributed by atoms with Crippen LogP contribution in [0, 0.1) is 0 Å². The SMILES string of the molecule is CCCCCCCCCCCCCCCCNC(=O)[C@@H]1[C@@H]([C@H]2O[C@@H](n3ccc(=O)[nH]c3=O)[C@H](O)[C@@H]2O)O[C@H](CN)N1C(C)=O.Cl. The summed E-state index contributed by atoms with van der Waals surface area (Å²) < 4.78 is 12.8. The number of hydrogen-bond donors (Lipinski definition) is 5. The van der Waals surface area contributed by atoms with Gasteiger partial charge >= 0.3 is 5.69 Å². The summed E-state index contributed by atoms with van der Waals surface area (Å²) in [6.07, 6.45) is 10.4. The first kappa shape index (κ1) is 38.9. The molecule has 6 N–H and O–H groups in total. The lowest BCUT2D eigenvalue weighted by atomic mass is 9.98. The molecule has 3 rings (SSSR count). The van der Waals surface area contributed by atoms with Crippen molar-refractivity contribution in [1.29, 1.82) is 0 Å². The second-order valence-corrected chi connectivity index (χ2v) is 12.0. The highest BCUT2D eigenvalue weighted by Gasteiger charge is 2.57. The summed E-state index contributed by atoms with van der Waals surface area (Å²) in [5.74, 6) is -0.924. The molecule has 2 fully saturated rings. The number of nitrogens with zero attached hydrogens (tertiary/aromatic N) is 2. The predicted molar refractivity (Wildman–Crippen MR) is 172 cm³/mol. The average Bonchev–Trinajstić information content (AvgIpc) is 3.52. The zero-order valence-corrected chi connectivity index (χ0v) is 27.6. The molecule has 1 aromatic heterocycles. The smallest absolute Gasteiger partial charge is 0.330 e. The molecule has 3 heterocycles. The Labute approximate surface area is 271 Å². The summed E-state index contributed by atoms with van der Waals surface area (Å²) in [6, 6.07) is -0.0933. The van der Waals surface area contributed by atoms with Crippen LogP contribution in [0.1, 0.15) is 110 Å². The van der Waals surface area contributed by atoms with Gasteiger partial charge in [0.2, 0.25) is 11.8 Å². The lowest BCUT2D eigenvalue weighted by Crippen LogP contribution is -2.56. The number of rotatable bonds is 19. The van der Waals surface area contributed by atoms with Crippen LogP contribution < -0.4 is 22.3 Å². The van der Waals surface area contributed by atoms with E-state index in [0.717, 1.165) is 42.5 Å². The minimum atomic E-state index is -1.57. The molecular weight excluding hydrogens is 606 g/mol. The Balaban J connectivity index is 0.00000705. The van der Waals surface area contributed by atoms with Crippen molar-refractivity contribution in [1.82, 2.24) is 19.8 Å². The molecule has 13 nitrogen and oxygen atoms in total. The maximum atomic E-state index is 13.4. The number of aromatic amines is 1. The molecule has 0 spiro atoms. The lowest BCUT2D eigenvalue weighted by Gasteiger charge is -2.29. The van der Waals surface area contributed by atoms with E-state index in [1.807, 2.05) is 0 Å². The van der Waals surface area contributed by atoms with Crippen LogP contribution in [0.15, 0.2) is 21.9 Å². The highest BCUT2D eigenvalue weighted by atomic mass is 35.5. The fourth-order valence-corrected chi connectivity index (χ4v) is 6.21. The average molecular weight is 660 g/mol. The van der Waals surface area contributed by atoms with Gasteiger partial charge in [-0.15, -0.1) is 12.4 Å². The summed E-state index contributed by atoms with van der Waals surface area (Å²) in [5, 5.41) is 24.5. The maximum absolute atomic E-state index is 13.4. The Kier molecular flexibility index (Phi) is 17.3. The third kappa shape index (κ3) is 10.9. The molecule has 0 aromatic carbocycles. The summed E-state index contributed by atoms with van der Waals surface area (Å²) in [7, 11) is 0. The van der Waals surface area contributed by atoms with Crippen molar-refractivity contribution >= 4 is 24.2 Å². The second kappa shape index (κ2) is 20.1. The van der Waals surface area contributed by atoms with E-state index < -0.39 is 66.0 Å². The van der Waals surface area contributed by atoms with Gasteiger partial charge in [0, 0.05) is 32.3 Å². The summed E-state index contributed by atoms with van der Waals surface area (Å²) in [5.41, 5.74) is 4.38. The van der Waals surface area contributed by atoms with E-state index in [1.54, 1.807) is 0 Å². The standard InChI is InChI=1S/C31H53N5O8.ClH/c1-3-4-5-6-7-8-9-10-11-12-13-14-15-16-18-33-29(41)24-27(43-23(20-32)36(24)21(2)37)28-25(39)26(40)30(44-28)35-19-17-22(38)34-31(35)42;/h17,19,23-28,30,39-40H,3-16,18,20,32H2,1-2H3,(H,33,41)(H,34,38,42);1H/t23-,24+,25+,26-,27+,28+,30-;/m1./s1. The van der Waals surface area contributed by atoms with Gasteiger partial charge in [0.15, 0.2) is 6.23 Å². The largest absolute Gasteiger partial charge is 0.387 e. The molecule has 2 amide bonds. The van der Waals surface area contributed by atoms with Crippen molar-refractivity contribution in [2.24, 2.45) is 5.73 Å². The Morgan fingerprint density at radius 3 is 1.96 bits per heavy atom. The van der Waals surface area contributed by atoms with Crippen molar-refractivity contribution in [3.8, 4) is 0 Å². The number of unbranched alkanes of at least 4 members (excludes halogenated alkanes) is 13. The van der Waals surface area contributed by atoms with E-state index in [2.05, 4.69) is 17.2 Å². The van der Waals surface area contributed by atoms with Gasteiger partial charge in [-0.3, -0.25) is 23.9 Å². The maximum Gasteiger partial charge on any atom is 0.330 e. The fourth-order valence-electron chi connectivity index (χ4n) is 6.21. The van der Waals surface area contributed by atoms with Gasteiger partial charge in [-0.1, -0.05) is 90.4 Å². The molecule has 2 aliphatic rings. The third-order valence-corrected chi connectivity index (χ3v) is 8.62. The molecule has 2 saturated heterocycles. The van der Waals surface area contributed by atoms with Gasteiger partial charge in [0.25, 0.3) is 5.56 Å². The summed E-state index contributed by atoms with van der Waals surface area (Å²) >= 11 is 0. The Bertz CT molecular complexity index is 1150. The number of halogens is 1. The minimum Gasteiger partial charge on any atom is -0.387 e. The van der Waals surface area contributed by atoms with E-state index >= 15 is 0 Å². The molecule has 0 bridgehead atoms. The van der Waals surface area contributed by atoms with Gasteiger partial charge in [-0.2, -0.15) is 0 Å². The van der Waals surface area contributed by atoms with Crippen LogP contribution >= 0.6 is 12.4 Å². The zero-order valence-electron chi connectivity index (χ0n) is 26.7. The Hall–Kier alpha value is -2.29. The second-order valence-electron chi connectivity index (χ2n) is 12.0. The number of amides is 2. The van der Waals surface area contributed by atoms with Crippen LogP contribution in [0.5, 0.6) is 0 Å². The van der Waals surface area contributed by atoms with Gasteiger partial charge in [-0.25, -0.2) is 4.79 Å². The number of nitrogens with one attached hydrogen (secondary N) is 2. The topological polar surface area (TPSA) is 189 Å². The minimum absolute atomic E-state index is 0. The first-order valence-electron chi connectivity index (χ1n) is 16.5. The molecule has 0 radical (unpaired) electrons. The number of nitrogens with two attached hydrogens (primary N) is 1. The molecule has 0 unspecified atom stereocenters. The van der Waals surface area contributed by atoms with Crippen molar-refractivity contribution in [2.75, 3.05) is 13.1 Å². The van der Waals surface area contributed by atoms with E-state index in [4.69, 9.17) is 15.2 Å². The highest BCUT2D eigenvalue weighted by Crippen LogP contribution is 2.36. The molecule has 45 heavy (non-hydrogen) atoms. The van der Waals surface area contributed by atoms with Crippen molar-refractivity contribution in [3.63, 3.8) is 0 Å². The monoisotopic (exact) mass is 659 g/mol. The van der Waals surface area contributed by atoms with Gasteiger partial charge in [0.05, 0.1) is 0 Å². The lowest BCUT2D eigenvalue weighted by molar-refractivity contribution is -0.140. The van der Waals surface area contributed by atoms with Crippen LogP contribution in [-0.4, -0.2) is 86.3 Å². The van der Waals surface area contributed by atoms with Crippen molar-refractivity contribution in [2.45, 2.75) is 147 Å². The number of aliphatic hydroxyl groups is 2. The first-order valence-corrected chi connectivity index (χ1v) is 16.5. The molecule has 0 saturated carbocycles. The number of ether oxygens (including phenoxy) is 2. The zero-order chi connectivity index (χ0) is 32.1. The number of carbonyl (C=O) groups excluding carboxylic acids is 2. The van der Waals surface area contributed by atoms with Crippen LogP contribution in [0.4, 0.5) is 0 Å². The number of aromatic nitrogens is 2. The number of aliphatic hydroxyl groups excluding tert-OH is 2. The van der Waals surface area contributed by atoms with Crippen molar-refractivity contribution in [3.05, 3.63) is 33.1 Å². The quantitative estimate of drug-likeness (QED) is 0.138.